The summed E-state index contributed by atoms with van der Waals surface area (Å²) in [5.74, 6) is 0.0122. The highest BCUT2D eigenvalue weighted by Crippen LogP contribution is 2.24. The number of carbonyl (C=O) groups is 1. The van der Waals surface area contributed by atoms with Crippen LogP contribution < -0.4 is 10.6 Å². The lowest BCUT2D eigenvalue weighted by molar-refractivity contribution is -0.115. The maximum absolute atomic E-state index is 12.0. The standard InChI is InChI=1S/C16H19N3OS/c20-15(11-18-13-5-1-2-6-13)19-14-7-3-4-12(10-14)16-17-8-9-21-16/h3-4,7-10,13,18H,1-2,5-6,11H2,(H,19,20). The monoisotopic (exact) mass is 301 g/mol. The highest BCUT2D eigenvalue weighted by Gasteiger charge is 2.15. The molecule has 4 nitrogen and oxygen atoms in total. The second-order valence-electron chi connectivity index (χ2n) is 5.33. The Hall–Kier alpha value is -1.72. The third-order valence-corrected chi connectivity index (χ3v) is 4.55. The van der Waals surface area contributed by atoms with Gasteiger partial charge in [-0.2, -0.15) is 0 Å². The van der Waals surface area contributed by atoms with Gasteiger partial charge in [0.1, 0.15) is 5.01 Å². The van der Waals surface area contributed by atoms with Gasteiger partial charge in [-0.15, -0.1) is 11.3 Å². The van der Waals surface area contributed by atoms with Crippen LogP contribution in [0.15, 0.2) is 35.8 Å². The molecule has 0 radical (unpaired) electrons. The first-order chi connectivity index (χ1) is 10.3. The van der Waals surface area contributed by atoms with Gasteiger partial charge in [0, 0.05) is 28.9 Å². The molecule has 0 bridgehead atoms. The summed E-state index contributed by atoms with van der Waals surface area (Å²) in [5.41, 5.74) is 1.85. The Bertz CT molecular complexity index is 591. The van der Waals surface area contributed by atoms with Gasteiger partial charge >= 0.3 is 0 Å². The molecule has 1 amide bonds. The summed E-state index contributed by atoms with van der Waals surface area (Å²) < 4.78 is 0. The molecule has 1 aromatic carbocycles. The van der Waals surface area contributed by atoms with Crippen LogP contribution in [0.5, 0.6) is 0 Å². The lowest BCUT2D eigenvalue weighted by Gasteiger charge is -2.12. The van der Waals surface area contributed by atoms with Crippen molar-refractivity contribution >= 4 is 22.9 Å². The molecule has 0 aliphatic heterocycles. The van der Waals surface area contributed by atoms with E-state index in [4.69, 9.17) is 0 Å². The lowest BCUT2D eigenvalue weighted by Crippen LogP contribution is -2.34. The fourth-order valence-electron chi connectivity index (χ4n) is 2.67. The van der Waals surface area contributed by atoms with Crippen LogP contribution in [0.3, 0.4) is 0 Å². The molecule has 21 heavy (non-hydrogen) atoms. The van der Waals surface area contributed by atoms with E-state index in [1.165, 1.54) is 25.7 Å². The molecule has 1 aromatic heterocycles. The summed E-state index contributed by atoms with van der Waals surface area (Å²) in [5, 5.41) is 9.18. The predicted octanol–water partition coefficient (Wildman–Crippen LogP) is 3.28. The van der Waals surface area contributed by atoms with E-state index in [1.54, 1.807) is 17.5 Å². The summed E-state index contributed by atoms with van der Waals surface area (Å²) in [6.45, 7) is 0.381. The summed E-state index contributed by atoms with van der Waals surface area (Å²) >= 11 is 1.59. The van der Waals surface area contributed by atoms with Crippen LogP contribution in [0.25, 0.3) is 10.6 Å². The zero-order valence-electron chi connectivity index (χ0n) is 11.8. The Morgan fingerprint density at radius 1 is 1.33 bits per heavy atom. The van der Waals surface area contributed by atoms with Crippen molar-refractivity contribution in [1.82, 2.24) is 10.3 Å². The molecule has 0 spiro atoms. The molecule has 5 heteroatoms. The van der Waals surface area contributed by atoms with Gasteiger partial charge in [0.25, 0.3) is 0 Å². The fraction of sp³-hybridized carbons (Fsp3) is 0.375. The quantitative estimate of drug-likeness (QED) is 0.891. The first-order valence-electron chi connectivity index (χ1n) is 7.34. The molecule has 1 aliphatic rings. The Kier molecular flexibility index (Phi) is 4.62. The van der Waals surface area contributed by atoms with E-state index in [2.05, 4.69) is 15.6 Å². The molecule has 1 fully saturated rings. The van der Waals surface area contributed by atoms with Gasteiger partial charge in [0.15, 0.2) is 0 Å². The molecule has 2 aromatic rings. The molecule has 2 N–H and O–H groups in total. The van der Waals surface area contributed by atoms with Crippen molar-refractivity contribution < 1.29 is 4.79 Å². The minimum atomic E-state index is 0.0122. The Labute approximate surface area is 128 Å². The SMILES string of the molecule is O=C(CNC1CCCC1)Nc1cccc(-c2nccs2)c1. The van der Waals surface area contributed by atoms with E-state index >= 15 is 0 Å². The maximum Gasteiger partial charge on any atom is 0.238 e. The number of benzene rings is 1. The van der Waals surface area contributed by atoms with E-state index in [-0.39, 0.29) is 5.91 Å². The summed E-state index contributed by atoms with van der Waals surface area (Å²) in [4.78, 5) is 16.3. The van der Waals surface area contributed by atoms with Crippen LogP contribution in [-0.2, 0) is 4.79 Å². The molecule has 1 saturated carbocycles. The number of nitrogens with zero attached hydrogens (tertiary/aromatic N) is 1. The minimum absolute atomic E-state index is 0.0122. The molecule has 1 heterocycles. The Balaban J connectivity index is 1.56. The molecule has 0 unspecified atom stereocenters. The van der Waals surface area contributed by atoms with E-state index in [0.29, 0.717) is 12.6 Å². The van der Waals surface area contributed by atoms with Crippen LogP contribution in [0, 0.1) is 0 Å². The molecule has 0 atom stereocenters. The average molecular weight is 301 g/mol. The van der Waals surface area contributed by atoms with Crippen molar-refractivity contribution in [1.29, 1.82) is 0 Å². The summed E-state index contributed by atoms with van der Waals surface area (Å²) in [7, 11) is 0. The number of rotatable bonds is 5. The number of aromatic nitrogens is 1. The van der Waals surface area contributed by atoms with Gasteiger partial charge in [-0.25, -0.2) is 4.98 Å². The van der Waals surface area contributed by atoms with E-state index in [9.17, 15) is 4.79 Å². The van der Waals surface area contributed by atoms with Crippen molar-refractivity contribution in [3.05, 3.63) is 35.8 Å². The van der Waals surface area contributed by atoms with Crippen molar-refractivity contribution in [2.24, 2.45) is 0 Å². The zero-order valence-corrected chi connectivity index (χ0v) is 12.7. The third kappa shape index (κ3) is 3.89. The highest BCUT2D eigenvalue weighted by atomic mass is 32.1. The van der Waals surface area contributed by atoms with Gasteiger partial charge in [0.05, 0.1) is 6.54 Å². The van der Waals surface area contributed by atoms with Crippen molar-refractivity contribution in [2.45, 2.75) is 31.7 Å². The number of thiazole rings is 1. The molecule has 1 aliphatic carbocycles. The zero-order chi connectivity index (χ0) is 14.5. The number of nitrogens with one attached hydrogen (secondary N) is 2. The average Bonchev–Trinajstić information content (AvgIpc) is 3.19. The second kappa shape index (κ2) is 6.83. The molecule has 0 saturated heterocycles. The lowest BCUT2D eigenvalue weighted by atomic mass is 10.2. The van der Waals surface area contributed by atoms with E-state index < -0.39 is 0 Å². The van der Waals surface area contributed by atoms with Crippen molar-refractivity contribution in [3.63, 3.8) is 0 Å². The van der Waals surface area contributed by atoms with E-state index in [0.717, 1.165) is 16.3 Å². The second-order valence-corrected chi connectivity index (χ2v) is 6.22. The topological polar surface area (TPSA) is 54.0 Å². The van der Waals surface area contributed by atoms with Gasteiger partial charge < -0.3 is 10.6 Å². The van der Waals surface area contributed by atoms with Gasteiger partial charge in [-0.05, 0) is 25.0 Å². The number of amides is 1. The van der Waals surface area contributed by atoms with E-state index in [1.807, 2.05) is 29.6 Å². The fourth-order valence-corrected chi connectivity index (χ4v) is 3.30. The molecular formula is C16H19N3OS. The van der Waals surface area contributed by atoms with Crippen LogP contribution in [-0.4, -0.2) is 23.5 Å². The molecule has 110 valence electrons. The molecular weight excluding hydrogens is 282 g/mol. The summed E-state index contributed by atoms with van der Waals surface area (Å²) in [6, 6.07) is 8.33. The minimum Gasteiger partial charge on any atom is -0.325 e. The highest BCUT2D eigenvalue weighted by molar-refractivity contribution is 7.13. The van der Waals surface area contributed by atoms with Crippen molar-refractivity contribution in [3.8, 4) is 10.6 Å². The van der Waals surface area contributed by atoms with Crippen molar-refractivity contribution in [2.75, 3.05) is 11.9 Å². The van der Waals surface area contributed by atoms with Gasteiger partial charge in [0.2, 0.25) is 5.91 Å². The Morgan fingerprint density at radius 3 is 2.95 bits per heavy atom. The van der Waals surface area contributed by atoms with Gasteiger partial charge in [-0.1, -0.05) is 25.0 Å². The van der Waals surface area contributed by atoms with Crippen LogP contribution in [0.4, 0.5) is 5.69 Å². The van der Waals surface area contributed by atoms with Gasteiger partial charge in [-0.3, -0.25) is 4.79 Å². The largest absolute Gasteiger partial charge is 0.325 e. The maximum atomic E-state index is 12.0. The predicted molar refractivity (Wildman–Crippen MR) is 86.4 cm³/mol. The van der Waals surface area contributed by atoms with Crippen LogP contribution >= 0.6 is 11.3 Å². The van der Waals surface area contributed by atoms with Crippen LogP contribution in [0.2, 0.25) is 0 Å². The van der Waals surface area contributed by atoms with Crippen LogP contribution in [0.1, 0.15) is 25.7 Å². The third-order valence-electron chi connectivity index (χ3n) is 3.73. The number of hydrogen-bond acceptors (Lipinski definition) is 4. The first-order valence-corrected chi connectivity index (χ1v) is 8.22. The number of hydrogen-bond donors (Lipinski definition) is 2. The summed E-state index contributed by atoms with van der Waals surface area (Å²) in [6.07, 6.45) is 6.71. The number of carbonyl (C=O) groups excluding carboxylic acids is 1. The molecule has 3 rings (SSSR count). The first kappa shape index (κ1) is 14.2. The smallest absolute Gasteiger partial charge is 0.238 e. The Morgan fingerprint density at radius 2 is 2.19 bits per heavy atom. The normalized spacial score (nSPS) is 15.2. The number of anilines is 1.